The summed E-state index contributed by atoms with van der Waals surface area (Å²) in [5.74, 6) is 0.877. The van der Waals surface area contributed by atoms with Crippen molar-refractivity contribution in [3.63, 3.8) is 0 Å². The normalized spacial score (nSPS) is 18.8. The highest BCUT2D eigenvalue weighted by Crippen LogP contribution is 2.14. The molecule has 0 unspecified atom stereocenters. The third-order valence-corrected chi connectivity index (χ3v) is 5.61. The van der Waals surface area contributed by atoms with Gasteiger partial charge in [0.15, 0.2) is 9.84 Å². The average molecular weight is 364 g/mol. The molecule has 2 N–H and O–H groups in total. The minimum Gasteiger partial charge on any atom is -0.467 e. The minimum atomic E-state index is -3.02. The third kappa shape index (κ3) is 5.33. The zero-order valence-electron chi connectivity index (χ0n) is 13.6. The topological polar surface area (TPSA) is 97.6 Å². The van der Waals surface area contributed by atoms with E-state index in [1.165, 1.54) is 0 Å². The second kappa shape index (κ2) is 7.71. The van der Waals surface area contributed by atoms with Crippen molar-refractivity contribution >= 4 is 21.6 Å². The maximum Gasteiger partial charge on any atom is 0.319 e. The first-order valence-corrected chi connectivity index (χ1v) is 9.79. The molecule has 1 saturated heterocycles. The van der Waals surface area contributed by atoms with Crippen molar-refractivity contribution in [3.8, 4) is 0 Å². The molecular weight excluding hydrogens is 344 g/mol. The Morgan fingerprint density at radius 1 is 1.24 bits per heavy atom. The number of anilines is 1. The van der Waals surface area contributed by atoms with Crippen LogP contribution in [-0.2, 0) is 27.8 Å². The number of urea groups is 1. The van der Waals surface area contributed by atoms with Gasteiger partial charge in [0.25, 0.3) is 0 Å². The summed E-state index contributed by atoms with van der Waals surface area (Å²) in [5, 5.41) is 5.41. The highest BCUT2D eigenvalue weighted by Gasteiger charge is 2.28. The van der Waals surface area contributed by atoms with Crippen molar-refractivity contribution < 1.29 is 22.4 Å². The summed E-state index contributed by atoms with van der Waals surface area (Å²) in [6.07, 6.45) is 2.05. The Morgan fingerprint density at radius 3 is 2.84 bits per heavy atom. The van der Waals surface area contributed by atoms with E-state index in [0.717, 1.165) is 11.3 Å². The molecule has 1 fully saturated rings. The van der Waals surface area contributed by atoms with E-state index >= 15 is 0 Å². The Labute approximate surface area is 146 Å². The van der Waals surface area contributed by atoms with Crippen LogP contribution in [-0.4, -0.2) is 32.0 Å². The Morgan fingerprint density at radius 2 is 2.12 bits per heavy atom. The number of hydrogen-bond acceptors (Lipinski definition) is 5. The van der Waals surface area contributed by atoms with Crippen molar-refractivity contribution in [1.29, 1.82) is 0 Å². The number of benzene rings is 1. The summed E-state index contributed by atoms with van der Waals surface area (Å²) in [4.78, 5) is 12.0. The molecule has 1 aromatic carbocycles. The highest BCUT2D eigenvalue weighted by molar-refractivity contribution is 7.91. The van der Waals surface area contributed by atoms with Gasteiger partial charge in [0.2, 0.25) is 0 Å². The Bertz CT molecular complexity index is 817. The van der Waals surface area contributed by atoms with Gasteiger partial charge in [-0.15, -0.1) is 0 Å². The lowest BCUT2D eigenvalue weighted by molar-refractivity contribution is 0.0930. The van der Waals surface area contributed by atoms with Gasteiger partial charge in [0.1, 0.15) is 12.4 Å². The first-order chi connectivity index (χ1) is 12.0. The van der Waals surface area contributed by atoms with Crippen molar-refractivity contribution in [2.24, 2.45) is 0 Å². The average Bonchev–Trinajstić information content (AvgIpc) is 3.17. The van der Waals surface area contributed by atoms with Crippen LogP contribution in [0, 0.1) is 0 Å². The lowest BCUT2D eigenvalue weighted by Gasteiger charge is -2.12. The fourth-order valence-corrected chi connectivity index (χ4v) is 4.34. The summed E-state index contributed by atoms with van der Waals surface area (Å²) in [5.41, 5.74) is 1.53. The molecule has 1 aliphatic rings. The van der Waals surface area contributed by atoms with Crippen molar-refractivity contribution in [2.75, 3.05) is 16.8 Å². The number of hydrogen-bond donors (Lipinski definition) is 2. The quantitative estimate of drug-likeness (QED) is 0.820. The molecule has 2 amide bonds. The van der Waals surface area contributed by atoms with Crippen LogP contribution in [0.1, 0.15) is 17.7 Å². The molecule has 3 rings (SSSR count). The van der Waals surface area contributed by atoms with Gasteiger partial charge in [-0.1, -0.05) is 12.1 Å². The van der Waals surface area contributed by atoms with E-state index in [-0.39, 0.29) is 17.5 Å². The molecule has 1 aromatic heterocycles. The number of sulfone groups is 1. The highest BCUT2D eigenvalue weighted by atomic mass is 32.2. The zero-order chi connectivity index (χ0) is 17.7. The van der Waals surface area contributed by atoms with Crippen molar-refractivity contribution in [3.05, 3.63) is 54.0 Å². The van der Waals surface area contributed by atoms with Gasteiger partial charge in [-0.05, 0) is 36.2 Å². The number of carbonyl (C=O) groups excluding carboxylic acids is 1. The maximum absolute atomic E-state index is 12.0. The predicted molar refractivity (Wildman–Crippen MR) is 92.9 cm³/mol. The van der Waals surface area contributed by atoms with Crippen molar-refractivity contribution in [2.45, 2.75) is 25.7 Å². The van der Waals surface area contributed by atoms with Gasteiger partial charge < -0.3 is 19.8 Å². The summed E-state index contributed by atoms with van der Waals surface area (Å²) in [7, 11) is -3.02. The fourth-order valence-electron chi connectivity index (χ4n) is 2.66. The first kappa shape index (κ1) is 17.5. The summed E-state index contributed by atoms with van der Waals surface area (Å²) >= 11 is 0. The van der Waals surface area contributed by atoms with E-state index in [9.17, 15) is 13.2 Å². The molecule has 7 nitrogen and oxygen atoms in total. The third-order valence-electron chi connectivity index (χ3n) is 3.85. The number of furan rings is 1. The Hall–Kier alpha value is -2.32. The van der Waals surface area contributed by atoms with E-state index in [0.29, 0.717) is 25.3 Å². The van der Waals surface area contributed by atoms with E-state index in [4.69, 9.17) is 9.15 Å². The maximum atomic E-state index is 12.0. The van der Waals surface area contributed by atoms with Crippen LogP contribution in [0.2, 0.25) is 0 Å². The Kier molecular flexibility index (Phi) is 5.40. The molecule has 0 aliphatic carbocycles. The van der Waals surface area contributed by atoms with Crippen LogP contribution >= 0.6 is 0 Å². The van der Waals surface area contributed by atoms with Crippen LogP contribution in [0.3, 0.4) is 0 Å². The lowest BCUT2D eigenvalue weighted by atomic mass is 10.2. The van der Waals surface area contributed by atoms with Crippen LogP contribution in [0.4, 0.5) is 10.5 Å². The molecule has 0 radical (unpaired) electrons. The summed E-state index contributed by atoms with van der Waals surface area (Å²) in [6.45, 7) is 0.764. The number of rotatable bonds is 6. The zero-order valence-corrected chi connectivity index (χ0v) is 14.4. The van der Waals surface area contributed by atoms with Gasteiger partial charge in [0, 0.05) is 11.7 Å². The van der Waals surface area contributed by atoms with E-state index in [2.05, 4.69) is 10.6 Å². The number of amides is 2. The molecule has 1 aliphatic heterocycles. The molecule has 0 saturated carbocycles. The molecule has 134 valence electrons. The lowest BCUT2D eigenvalue weighted by Crippen LogP contribution is -2.38. The van der Waals surface area contributed by atoms with E-state index in [1.807, 2.05) is 24.3 Å². The van der Waals surface area contributed by atoms with Gasteiger partial charge in [-0.3, -0.25) is 0 Å². The largest absolute Gasteiger partial charge is 0.467 e. The second-order valence-electron chi connectivity index (χ2n) is 5.97. The number of nitrogens with one attached hydrogen (secondary N) is 2. The SMILES string of the molecule is O=C(Nc1cccc(COCc2ccco2)c1)N[C@H]1CCS(=O)(=O)C1. The van der Waals surface area contributed by atoms with Crippen LogP contribution in [0.25, 0.3) is 0 Å². The van der Waals surface area contributed by atoms with Crippen LogP contribution < -0.4 is 10.6 Å². The molecule has 0 bridgehead atoms. The first-order valence-electron chi connectivity index (χ1n) is 7.97. The monoisotopic (exact) mass is 364 g/mol. The van der Waals surface area contributed by atoms with E-state index < -0.39 is 15.9 Å². The molecule has 2 heterocycles. The van der Waals surface area contributed by atoms with Gasteiger partial charge in [0.05, 0.1) is 24.4 Å². The van der Waals surface area contributed by atoms with Gasteiger partial charge in [-0.2, -0.15) is 0 Å². The van der Waals surface area contributed by atoms with Crippen LogP contribution in [0.5, 0.6) is 0 Å². The molecule has 0 spiro atoms. The standard InChI is InChI=1S/C17H20N2O5S/c20-17(19-15-6-8-25(21,22)12-15)18-14-4-1-3-13(9-14)10-23-11-16-5-2-7-24-16/h1-5,7,9,15H,6,8,10-12H2,(H2,18,19,20)/t15-/m0/s1. The Balaban J connectivity index is 1.48. The fraction of sp³-hybridized carbons (Fsp3) is 0.353. The molecule has 1 atom stereocenters. The van der Waals surface area contributed by atoms with Crippen LogP contribution in [0.15, 0.2) is 47.1 Å². The minimum absolute atomic E-state index is 0.00107. The molecular formula is C17H20N2O5S. The number of ether oxygens (including phenoxy) is 1. The van der Waals surface area contributed by atoms with Gasteiger partial charge >= 0.3 is 6.03 Å². The molecule has 25 heavy (non-hydrogen) atoms. The van der Waals surface area contributed by atoms with E-state index in [1.54, 1.807) is 18.4 Å². The second-order valence-corrected chi connectivity index (χ2v) is 8.20. The van der Waals surface area contributed by atoms with Gasteiger partial charge in [-0.25, -0.2) is 13.2 Å². The smallest absolute Gasteiger partial charge is 0.319 e. The summed E-state index contributed by atoms with van der Waals surface area (Å²) < 4.78 is 33.6. The number of carbonyl (C=O) groups is 1. The molecule has 2 aromatic rings. The van der Waals surface area contributed by atoms with Crippen molar-refractivity contribution in [1.82, 2.24) is 5.32 Å². The molecule has 8 heteroatoms. The predicted octanol–water partition coefficient (Wildman–Crippen LogP) is 2.30. The summed E-state index contributed by atoms with van der Waals surface area (Å²) in [6, 6.07) is 10.2.